The summed E-state index contributed by atoms with van der Waals surface area (Å²) in [7, 11) is 0. The maximum absolute atomic E-state index is 12.9. The SMILES string of the molecule is CC1C(c2ccccc2)OC(=O)N1Cc1cc(-c2nccs2)ccc1Oc1cccc(CC(=O)O)c1. The number of aliphatic carboxylic acids is 1. The molecule has 7 nitrogen and oxygen atoms in total. The first kappa shape index (κ1) is 23.6. The first-order chi connectivity index (χ1) is 17.5. The first-order valence-electron chi connectivity index (χ1n) is 11.5. The van der Waals surface area contributed by atoms with Gasteiger partial charge < -0.3 is 14.6 Å². The summed E-state index contributed by atoms with van der Waals surface area (Å²) < 4.78 is 11.9. The quantitative estimate of drug-likeness (QED) is 0.305. The Morgan fingerprint density at radius 2 is 1.94 bits per heavy atom. The molecule has 1 aliphatic heterocycles. The monoisotopic (exact) mass is 500 g/mol. The van der Waals surface area contributed by atoms with Crippen LogP contribution in [0, 0.1) is 0 Å². The molecule has 1 amide bonds. The molecule has 0 radical (unpaired) electrons. The molecule has 0 bridgehead atoms. The zero-order valence-corrected chi connectivity index (χ0v) is 20.4. The average Bonchev–Trinajstić information content (AvgIpc) is 3.50. The zero-order chi connectivity index (χ0) is 25.1. The van der Waals surface area contributed by atoms with Crippen molar-refractivity contribution in [3.05, 3.63) is 101 Å². The molecule has 2 heterocycles. The third-order valence-corrected chi connectivity index (χ3v) is 6.90. The number of ether oxygens (including phenoxy) is 2. The molecular weight excluding hydrogens is 476 g/mol. The van der Waals surface area contributed by atoms with Crippen LogP contribution in [0.4, 0.5) is 4.79 Å². The summed E-state index contributed by atoms with van der Waals surface area (Å²) in [6.45, 7) is 2.26. The van der Waals surface area contributed by atoms with Gasteiger partial charge in [-0.15, -0.1) is 11.3 Å². The van der Waals surface area contributed by atoms with Crippen molar-refractivity contribution in [2.45, 2.75) is 32.0 Å². The van der Waals surface area contributed by atoms with Crippen molar-refractivity contribution in [3.63, 3.8) is 0 Å². The van der Waals surface area contributed by atoms with Gasteiger partial charge in [0.25, 0.3) is 0 Å². The maximum Gasteiger partial charge on any atom is 0.411 e. The van der Waals surface area contributed by atoms with E-state index in [2.05, 4.69) is 4.98 Å². The number of carbonyl (C=O) groups excluding carboxylic acids is 1. The average molecular weight is 501 g/mol. The van der Waals surface area contributed by atoms with E-state index in [9.17, 15) is 9.59 Å². The Morgan fingerprint density at radius 3 is 2.69 bits per heavy atom. The Balaban J connectivity index is 1.46. The lowest BCUT2D eigenvalue weighted by Crippen LogP contribution is -2.31. The normalized spacial score (nSPS) is 17.1. The summed E-state index contributed by atoms with van der Waals surface area (Å²) in [5, 5.41) is 11.9. The van der Waals surface area contributed by atoms with Crippen LogP contribution in [0.5, 0.6) is 11.5 Å². The molecule has 2 unspecified atom stereocenters. The van der Waals surface area contributed by atoms with Crippen LogP contribution in [0.1, 0.15) is 29.7 Å². The van der Waals surface area contributed by atoms with E-state index in [0.717, 1.165) is 21.7 Å². The molecule has 0 spiro atoms. The molecule has 1 aliphatic rings. The standard InChI is InChI=1S/C28H24N2O5S/c1-18-26(20-7-3-2-4-8-20)35-28(33)30(18)17-22-16-21(27-29-12-13-36-27)10-11-24(22)34-23-9-5-6-19(14-23)15-25(31)32/h2-14,16,18,26H,15,17H2,1H3,(H,31,32). The van der Waals surface area contributed by atoms with E-state index in [-0.39, 0.29) is 31.2 Å². The van der Waals surface area contributed by atoms with Crippen molar-refractivity contribution in [2.24, 2.45) is 0 Å². The van der Waals surface area contributed by atoms with Crippen LogP contribution >= 0.6 is 11.3 Å². The highest BCUT2D eigenvalue weighted by Crippen LogP contribution is 2.37. The smallest absolute Gasteiger partial charge is 0.411 e. The Labute approximate surface area is 212 Å². The summed E-state index contributed by atoms with van der Waals surface area (Å²) in [6, 6.07) is 22.3. The number of carboxylic acid groups (broad SMARTS) is 1. The number of hydrogen-bond donors (Lipinski definition) is 1. The number of carboxylic acids is 1. The minimum Gasteiger partial charge on any atom is -0.481 e. The van der Waals surface area contributed by atoms with Gasteiger partial charge in [-0.25, -0.2) is 9.78 Å². The maximum atomic E-state index is 12.9. The summed E-state index contributed by atoms with van der Waals surface area (Å²) in [5.74, 6) is 0.192. The van der Waals surface area contributed by atoms with E-state index in [1.165, 1.54) is 11.3 Å². The second-order valence-electron chi connectivity index (χ2n) is 8.56. The van der Waals surface area contributed by atoms with Crippen LogP contribution < -0.4 is 4.74 Å². The molecule has 1 saturated heterocycles. The number of hydrogen-bond acceptors (Lipinski definition) is 6. The molecule has 3 aromatic carbocycles. The van der Waals surface area contributed by atoms with Crippen molar-refractivity contribution in [1.82, 2.24) is 9.88 Å². The Bertz CT molecular complexity index is 1370. The molecule has 1 aromatic heterocycles. The Kier molecular flexibility index (Phi) is 6.69. The molecule has 5 rings (SSSR count). The third-order valence-electron chi connectivity index (χ3n) is 6.08. The van der Waals surface area contributed by atoms with Crippen LogP contribution in [0.15, 0.2) is 84.4 Å². The lowest BCUT2D eigenvalue weighted by atomic mass is 10.0. The van der Waals surface area contributed by atoms with Gasteiger partial charge >= 0.3 is 12.1 Å². The van der Waals surface area contributed by atoms with Gasteiger partial charge in [0.05, 0.1) is 19.0 Å². The van der Waals surface area contributed by atoms with Crippen molar-refractivity contribution in [3.8, 4) is 22.1 Å². The fourth-order valence-corrected chi connectivity index (χ4v) is 4.94. The number of cyclic esters (lactones) is 1. The number of rotatable bonds is 8. The van der Waals surface area contributed by atoms with Gasteiger partial charge in [-0.05, 0) is 48.4 Å². The highest BCUT2D eigenvalue weighted by atomic mass is 32.1. The lowest BCUT2D eigenvalue weighted by Gasteiger charge is -2.22. The highest BCUT2D eigenvalue weighted by Gasteiger charge is 2.39. The van der Waals surface area contributed by atoms with Crippen molar-refractivity contribution in [2.75, 3.05) is 0 Å². The van der Waals surface area contributed by atoms with Gasteiger partial charge in [0, 0.05) is 22.7 Å². The largest absolute Gasteiger partial charge is 0.481 e. The summed E-state index contributed by atoms with van der Waals surface area (Å²) in [6.07, 6.45) is 0.913. The van der Waals surface area contributed by atoms with Crippen molar-refractivity contribution < 1.29 is 24.2 Å². The fourth-order valence-electron chi connectivity index (χ4n) is 4.31. The van der Waals surface area contributed by atoms with Gasteiger partial charge in [-0.1, -0.05) is 42.5 Å². The van der Waals surface area contributed by atoms with Crippen LogP contribution in [0.25, 0.3) is 10.6 Å². The molecule has 2 atom stereocenters. The molecule has 36 heavy (non-hydrogen) atoms. The van der Waals surface area contributed by atoms with Gasteiger partial charge in [0.1, 0.15) is 22.6 Å². The van der Waals surface area contributed by atoms with Crippen molar-refractivity contribution in [1.29, 1.82) is 0 Å². The van der Waals surface area contributed by atoms with E-state index in [4.69, 9.17) is 14.6 Å². The Hall–Kier alpha value is -4.17. The third kappa shape index (κ3) is 5.08. The number of aromatic nitrogens is 1. The van der Waals surface area contributed by atoms with Crippen LogP contribution in [0.3, 0.4) is 0 Å². The van der Waals surface area contributed by atoms with Crippen molar-refractivity contribution >= 4 is 23.4 Å². The number of amides is 1. The Morgan fingerprint density at radius 1 is 1.11 bits per heavy atom. The molecule has 1 N–H and O–H groups in total. The van der Waals surface area contributed by atoms with E-state index >= 15 is 0 Å². The zero-order valence-electron chi connectivity index (χ0n) is 19.5. The van der Waals surface area contributed by atoms with E-state index in [1.54, 1.807) is 35.4 Å². The van der Waals surface area contributed by atoms with Crippen LogP contribution in [-0.2, 0) is 22.5 Å². The topological polar surface area (TPSA) is 89.0 Å². The number of nitrogens with zero attached hydrogens (tertiary/aromatic N) is 2. The van der Waals surface area contributed by atoms with E-state index in [0.29, 0.717) is 17.1 Å². The molecule has 0 aliphatic carbocycles. The predicted molar refractivity (Wildman–Crippen MR) is 136 cm³/mol. The second-order valence-corrected chi connectivity index (χ2v) is 9.46. The summed E-state index contributed by atoms with van der Waals surface area (Å²) in [4.78, 5) is 30.1. The molecule has 182 valence electrons. The van der Waals surface area contributed by atoms with E-state index < -0.39 is 5.97 Å². The van der Waals surface area contributed by atoms with Gasteiger partial charge in [-0.3, -0.25) is 9.69 Å². The molecule has 0 saturated carbocycles. The molecule has 8 heteroatoms. The first-order valence-corrected chi connectivity index (χ1v) is 12.4. The predicted octanol–water partition coefficient (Wildman–Crippen LogP) is 6.31. The van der Waals surface area contributed by atoms with Crippen LogP contribution in [0.2, 0.25) is 0 Å². The molecular formula is C28H24N2O5S. The lowest BCUT2D eigenvalue weighted by molar-refractivity contribution is -0.136. The minimum absolute atomic E-state index is 0.0922. The second kappa shape index (κ2) is 10.2. The number of carbonyl (C=O) groups is 2. The fraction of sp³-hybridized carbons (Fsp3) is 0.179. The van der Waals surface area contributed by atoms with Crippen LogP contribution in [-0.4, -0.2) is 33.1 Å². The van der Waals surface area contributed by atoms with Gasteiger partial charge in [0.2, 0.25) is 0 Å². The summed E-state index contributed by atoms with van der Waals surface area (Å²) >= 11 is 1.53. The van der Waals surface area contributed by atoms with Gasteiger partial charge in [0.15, 0.2) is 0 Å². The van der Waals surface area contributed by atoms with E-state index in [1.807, 2.05) is 60.8 Å². The molecule has 4 aromatic rings. The number of benzene rings is 3. The number of thiazole rings is 1. The summed E-state index contributed by atoms with van der Waals surface area (Å²) in [5.41, 5.74) is 3.31. The minimum atomic E-state index is -0.907. The highest BCUT2D eigenvalue weighted by molar-refractivity contribution is 7.13. The molecule has 1 fully saturated rings. The van der Waals surface area contributed by atoms with Gasteiger partial charge in [-0.2, -0.15) is 0 Å².